The van der Waals surface area contributed by atoms with Crippen LogP contribution in [0.3, 0.4) is 0 Å². The molecule has 3 aromatic rings. The number of rotatable bonds is 6. The Labute approximate surface area is 174 Å². The largest absolute Gasteiger partial charge is 0.339 e. The minimum absolute atomic E-state index is 0.0504. The van der Waals surface area contributed by atoms with E-state index in [1.807, 2.05) is 12.1 Å². The van der Waals surface area contributed by atoms with Gasteiger partial charge in [-0.1, -0.05) is 11.6 Å². The van der Waals surface area contributed by atoms with Crippen LogP contribution in [0.4, 0.5) is 0 Å². The zero-order chi connectivity index (χ0) is 20.3. The normalized spacial score (nSPS) is 18.4. The molecule has 3 aromatic heterocycles. The van der Waals surface area contributed by atoms with Crippen molar-refractivity contribution in [2.24, 2.45) is 5.92 Å². The second-order valence-corrected chi connectivity index (χ2v) is 8.37. The van der Waals surface area contributed by atoms with Crippen LogP contribution in [-0.2, 0) is 13.1 Å². The summed E-state index contributed by atoms with van der Waals surface area (Å²) in [4.78, 5) is 23.3. The van der Waals surface area contributed by atoms with Gasteiger partial charge in [-0.25, -0.2) is 4.68 Å². The summed E-state index contributed by atoms with van der Waals surface area (Å²) in [6.07, 6.45) is 9.13. The first-order valence-electron chi connectivity index (χ1n) is 10.8. The quantitative estimate of drug-likeness (QED) is 0.622. The second kappa shape index (κ2) is 8.47. The topological polar surface area (TPSA) is 89.9 Å². The lowest BCUT2D eigenvalue weighted by Crippen LogP contribution is -2.36. The fourth-order valence-electron chi connectivity index (χ4n) is 4.18. The van der Waals surface area contributed by atoms with E-state index in [0.29, 0.717) is 18.4 Å². The molecule has 0 amide bonds. The van der Waals surface area contributed by atoms with Gasteiger partial charge in [0, 0.05) is 36.5 Å². The number of piperidine rings is 1. The van der Waals surface area contributed by atoms with E-state index >= 15 is 0 Å². The number of likely N-dealkylation sites (tertiary alicyclic amines) is 1. The van der Waals surface area contributed by atoms with Gasteiger partial charge in [-0.2, -0.15) is 10.1 Å². The molecule has 1 saturated heterocycles. The van der Waals surface area contributed by atoms with E-state index in [1.165, 1.54) is 19.3 Å². The number of hydrogen-bond donors (Lipinski definition) is 0. The summed E-state index contributed by atoms with van der Waals surface area (Å²) in [6, 6.07) is 7.20. The number of nitrogens with zero attached hydrogens (tertiary/aromatic N) is 6. The van der Waals surface area contributed by atoms with Crippen molar-refractivity contribution in [1.29, 1.82) is 0 Å². The first kappa shape index (κ1) is 19.1. The summed E-state index contributed by atoms with van der Waals surface area (Å²) in [5.74, 6) is 2.52. The monoisotopic (exact) mass is 406 g/mol. The number of pyridine rings is 1. The summed E-state index contributed by atoms with van der Waals surface area (Å²) in [5.41, 5.74) is 1.72. The van der Waals surface area contributed by atoms with Crippen LogP contribution in [0.15, 0.2) is 46.0 Å². The highest BCUT2D eigenvalue weighted by Gasteiger charge is 2.26. The molecule has 5 rings (SSSR count). The van der Waals surface area contributed by atoms with Gasteiger partial charge in [-0.15, -0.1) is 0 Å². The molecule has 0 aromatic carbocycles. The SMILES string of the molecule is O=c1ccc(-c2ccncc2)nn1CC1CCN(Cc2noc(C3CCC3)n2)CC1. The Bertz CT molecular complexity index is 1040. The Morgan fingerprint density at radius 3 is 2.57 bits per heavy atom. The molecule has 1 aliphatic heterocycles. The Balaban J connectivity index is 1.17. The summed E-state index contributed by atoms with van der Waals surface area (Å²) in [5, 5.41) is 8.75. The highest BCUT2D eigenvalue weighted by molar-refractivity contribution is 5.56. The molecule has 2 aliphatic rings. The van der Waals surface area contributed by atoms with E-state index in [2.05, 4.69) is 25.1 Å². The molecular formula is C22H26N6O2. The Hall–Kier alpha value is -2.87. The molecule has 1 saturated carbocycles. The Morgan fingerprint density at radius 2 is 1.83 bits per heavy atom. The van der Waals surface area contributed by atoms with Crippen LogP contribution < -0.4 is 5.56 Å². The highest BCUT2D eigenvalue weighted by atomic mass is 16.5. The first-order chi connectivity index (χ1) is 14.7. The van der Waals surface area contributed by atoms with Crippen molar-refractivity contribution in [1.82, 2.24) is 29.8 Å². The molecule has 0 N–H and O–H groups in total. The molecule has 4 heterocycles. The lowest BCUT2D eigenvalue weighted by Gasteiger charge is -2.31. The minimum Gasteiger partial charge on any atom is -0.339 e. The van der Waals surface area contributed by atoms with Crippen LogP contribution in [0.2, 0.25) is 0 Å². The third-order valence-corrected chi connectivity index (χ3v) is 6.28. The van der Waals surface area contributed by atoms with E-state index in [4.69, 9.17) is 4.52 Å². The predicted molar refractivity (Wildman–Crippen MR) is 111 cm³/mol. The molecule has 0 atom stereocenters. The van der Waals surface area contributed by atoms with Gasteiger partial charge in [-0.3, -0.25) is 14.7 Å². The molecular weight excluding hydrogens is 380 g/mol. The lowest BCUT2D eigenvalue weighted by atomic mass is 9.85. The number of aromatic nitrogens is 5. The minimum atomic E-state index is -0.0504. The molecule has 0 bridgehead atoms. The Kier molecular flexibility index (Phi) is 5.40. The molecule has 2 fully saturated rings. The summed E-state index contributed by atoms with van der Waals surface area (Å²) < 4.78 is 7.04. The standard InChI is InChI=1S/C22H26N6O2/c29-21-5-4-19(17-6-10-23-11-7-17)25-28(21)14-16-8-12-27(13-9-16)15-20-24-22(30-26-20)18-2-1-3-18/h4-7,10-11,16,18H,1-3,8-9,12-15H2. The average Bonchev–Trinajstić information content (AvgIpc) is 3.18. The van der Waals surface area contributed by atoms with Gasteiger partial charge >= 0.3 is 0 Å². The van der Waals surface area contributed by atoms with Crippen LogP contribution in [0.25, 0.3) is 11.3 Å². The van der Waals surface area contributed by atoms with Crippen molar-refractivity contribution in [2.45, 2.75) is 51.1 Å². The molecule has 30 heavy (non-hydrogen) atoms. The van der Waals surface area contributed by atoms with Crippen molar-refractivity contribution in [2.75, 3.05) is 13.1 Å². The van der Waals surface area contributed by atoms with E-state index in [-0.39, 0.29) is 5.56 Å². The summed E-state index contributed by atoms with van der Waals surface area (Å²) in [6.45, 7) is 3.33. The van der Waals surface area contributed by atoms with Crippen LogP contribution in [0.5, 0.6) is 0 Å². The Morgan fingerprint density at radius 1 is 1.03 bits per heavy atom. The van der Waals surface area contributed by atoms with Gasteiger partial charge in [0.05, 0.1) is 12.2 Å². The van der Waals surface area contributed by atoms with Crippen LogP contribution in [0, 0.1) is 5.92 Å². The van der Waals surface area contributed by atoms with E-state index in [0.717, 1.165) is 55.4 Å². The van der Waals surface area contributed by atoms with E-state index < -0.39 is 0 Å². The van der Waals surface area contributed by atoms with Crippen molar-refractivity contribution < 1.29 is 4.52 Å². The van der Waals surface area contributed by atoms with Gasteiger partial charge in [0.2, 0.25) is 5.89 Å². The predicted octanol–water partition coefficient (Wildman–Crippen LogP) is 2.87. The molecule has 8 nitrogen and oxygen atoms in total. The van der Waals surface area contributed by atoms with Crippen molar-refractivity contribution in [3.8, 4) is 11.3 Å². The summed E-state index contributed by atoms with van der Waals surface area (Å²) in [7, 11) is 0. The van der Waals surface area contributed by atoms with Crippen LogP contribution >= 0.6 is 0 Å². The van der Waals surface area contributed by atoms with Gasteiger partial charge in [0.15, 0.2) is 5.82 Å². The molecule has 156 valence electrons. The molecule has 0 unspecified atom stereocenters. The summed E-state index contributed by atoms with van der Waals surface area (Å²) >= 11 is 0. The van der Waals surface area contributed by atoms with Crippen molar-refractivity contribution in [3.63, 3.8) is 0 Å². The van der Waals surface area contributed by atoms with Crippen LogP contribution in [0.1, 0.15) is 49.7 Å². The third kappa shape index (κ3) is 4.18. The highest BCUT2D eigenvalue weighted by Crippen LogP contribution is 2.35. The lowest BCUT2D eigenvalue weighted by molar-refractivity contribution is 0.159. The second-order valence-electron chi connectivity index (χ2n) is 8.37. The molecule has 0 spiro atoms. The molecule has 0 radical (unpaired) electrons. The van der Waals surface area contributed by atoms with Crippen LogP contribution in [-0.4, -0.2) is 42.9 Å². The average molecular weight is 406 g/mol. The number of hydrogen-bond acceptors (Lipinski definition) is 7. The zero-order valence-electron chi connectivity index (χ0n) is 17.0. The zero-order valence-corrected chi connectivity index (χ0v) is 17.0. The maximum Gasteiger partial charge on any atom is 0.266 e. The van der Waals surface area contributed by atoms with E-state index in [9.17, 15) is 4.79 Å². The van der Waals surface area contributed by atoms with Crippen molar-refractivity contribution >= 4 is 0 Å². The maximum absolute atomic E-state index is 12.3. The maximum atomic E-state index is 12.3. The third-order valence-electron chi connectivity index (χ3n) is 6.28. The van der Waals surface area contributed by atoms with Gasteiger partial charge in [0.1, 0.15) is 0 Å². The fraction of sp³-hybridized carbons (Fsp3) is 0.500. The first-order valence-corrected chi connectivity index (χ1v) is 10.8. The smallest absolute Gasteiger partial charge is 0.266 e. The van der Waals surface area contributed by atoms with Gasteiger partial charge < -0.3 is 4.52 Å². The van der Waals surface area contributed by atoms with Gasteiger partial charge in [0.25, 0.3) is 5.56 Å². The van der Waals surface area contributed by atoms with Gasteiger partial charge in [-0.05, 0) is 62.9 Å². The fourth-order valence-corrected chi connectivity index (χ4v) is 4.18. The van der Waals surface area contributed by atoms with E-state index in [1.54, 1.807) is 29.2 Å². The van der Waals surface area contributed by atoms with Crippen molar-refractivity contribution in [3.05, 3.63) is 58.7 Å². The molecule has 1 aliphatic carbocycles. The molecule has 8 heteroatoms.